The fourth-order valence-corrected chi connectivity index (χ4v) is 5.91. The summed E-state index contributed by atoms with van der Waals surface area (Å²) in [6, 6.07) is 9.47. The largest absolute Gasteiger partial charge is 0.508 e. The van der Waals surface area contributed by atoms with Gasteiger partial charge in [-0.1, -0.05) is 18.2 Å². The molecule has 7 N–H and O–H groups in total. The number of alkyl halides is 1. The van der Waals surface area contributed by atoms with Gasteiger partial charge in [-0.25, -0.2) is 9.18 Å². The van der Waals surface area contributed by atoms with E-state index < -0.39 is 71.2 Å². The molecule has 0 aliphatic heterocycles. The lowest BCUT2D eigenvalue weighted by molar-refractivity contribution is -0.147. The Bertz CT molecular complexity index is 1530. The van der Waals surface area contributed by atoms with Crippen molar-refractivity contribution in [2.75, 3.05) is 18.6 Å². The van der Waals surface area contributed by atoms with Gasteiger partial charge in [-0.15, -0.1) is 0 Å². The van der Waals surface area contributed by atoms with Gasteiger partial charge in [0, 0.05) is 23.6 Å². The number of nitrogens with two attached hydrogens (primary N) is 1. The van der Waals surface area contributed by atoms with Crippen LogP contribution < -0.4 is 11.1 Å². The lowest BCUT2D eigenvalue weighted by atomic mass is 9.59. The van der Waals surface area contributed by atoms with E-state index in [0.29, 0.717) is 22.4 Å². The molecule has 3 aliphatic carbocycles. The van der Waals surface area contributed by atoms with Crippen LogP contribution in [0.3, 0.4) is 0 Å². The molecule has 2 amide bonds. The minimum absolute atomic E-state index is 0.0157. The molecule has 0 radical (unpaired) electrons. The first-order valence-corrected chi connectivity index (χ1v) is 12.4. The molecule has 2 aromatic carbocycles. The fourth-order valence-electron chi connectivity index (χ4n) is 5.91. The van der Waals surface area contributed by atoms with Crippen molar-refractivity contribution in [3.63, 3.8) is 0 Å². The molecule has 3 atom stereocenters. The molecule has 0 saturated heterocycles. The van der Waals surface area contributed by atoms with Crippen molar-refractivity contribution in [2.45, 2.75) is 24.9 Å². The summed E-state index contributed by atoms with van der Waals surface area (Å²) in [6.07, 6.45) is -1.06. The van der Waals surface area contributed by atoms with Crippen LogP contribution in [0.1, 0.15) is 24.0 Å². The van der Waals surface area contributed by atoms with E-state index in [0.717, 1.165) is 0 Å². The number of aromatic hydroxyl groups is 1. The van der Waals surface area contributed by atoms with Gasteiger partial charge in [0.15, 0.2) is 11.4 Å². The molecule has 1 saturated carbocycles. The number of carbonyl (C=O) groups is 4. The third-order valence-corrected chi connectivity index (χ3v) is 7.70. The van der Waals surface area contributed by atoms with Crippen LogP contribution >= 0.6 is 0 Å². The van der Waals surface area contributed by atoms with E-state index >= 15 is 0 Å². The molecule has 0 unspecified atom stereocenters. The maximum Gasteiger partial charge on any atom is 0.411 e. The number of halogens is 1. The van der Waals surface area contributed by atoms with E-state index in [1.165, 1.54) is 6.07 Å². The summed E-state index contributed by atoms with van der Waals surface area (Å²) in [7, 11) is 0. The zero-order chi connectivity index (χ0) is 28.9. The number of anilines is 1. The lowest BCUT2D eigenvalue weighted by Crippen LogP contribution is -2.58. The van der Waals surface area contributed by atoms with E-state index in [2.05, 4.69) is 10.1 Å². The van der Waals surface area contributed by atoms with Gasteiger partial charge in [0.2, 0.25) is 5.78 Å². The summed E-state index contributed by atoms with van der Waals surface area (Å²) in [5.74, 6) is -6.92. The number of benzene rings is 2. The number of amides is 2. The minimum atomic E-state index is -2.63. The highest BCUT2D eigenvalue weighted by Gasteiger charge is 2.60. The Hall–Kier alpha value is -4.71. The molecule has 5 rings (SSSR count). The summed E-state index contributed by atoms with van der Waals surface area (Å²) in [5, 5.41) is 46.4. The van der Waals surface area contributed by atoms with Gasteiger partial charge in [-0.2, -0.15) is 0 Å². The number of ether oxygens (including phenoxy) is 1. The molecule has 0 aromatic heterocycles. The predicted octanol–water partition coefficient (Wildman–Crippen LogP) is 2.61. The van der Waals surface area contributed by atoms with E-state index in [9.17, 15) is 44.0 Å². The van der Waals surface area contributed by atoms with Crippen molar-refractivity contribution in [1.82, 2.24) is 0 Å². The number of phenolic OH excluding ortho intramolecular Hbond substituents is 1. The number of Topliss-reactive ketones (excluding diaryl/α,β-unsaturated/α-hetero) is 2. The number of nitrogens with one attached hydrogen (secondary N) is 1. The smallest absolute Gasteiger partial charge is 0.411 e. The molecule has 208 valence electrons. The third-order valence-electron chi connectivity index (χ3n) is 7.70. The van der Waals surface area contributed by atoms with Gasteiger partial charge in [-0.3, -0.25) is 19.7 Å². The Balaban J connectivity index is 1.55. The zero-order valence-electron chi connectivity index (χ0n) is 20.9. The Morgan fingerprint density at radius 3 is 2.42 bits per heavy atom. The number of primary amides is 1. The van der Waals surface area contributed by atoms with Gasteiger partial charge in [0.25, 0.3) is 5.91 Å². The molecule has 0 heterocycles. The number of phenols is 1. The summed E-state index contributed by atoms with van der Waals surface area (Å²) < 4.78 is 16.9. The van der Waals surface area contributed by atoms with Crippen molar-refractivity contribution in [1.29, 1.82) is 0 Å². The van der Waals surface area contributed by atoms with Crippen molar-refractivity contribution in [3.8, 4) is 16.9 Å². The Morgan fingerprint density at radius 1 is 1.07 bits per heavy atom. The van der Waals surface area contributed by atoms with Crippen LogP contribution in [-0.2, 0) is 25.5 Å². The summed E-state index contributed by atoms with van der Waals surface area (Å²) >= 11 is 0. The molecule has 12 heteroatoms. The number of fused-ring (bicyclic) bond motifs is 3. The topological polar surface area (TPSA) is 196 Å². The van der Waals surface area contributed by atoms with E-state index in [4.69, 9.17) is 5.73 Å². The van der Waals surface area contributed by atoms with Crippen LogP contribution in [0, 0.1) is 11.8 Å². The highest BCUT2D eigenvalue weighted by Crippen LogP contribution is 2.53. The molecular formula is C28H25FN2O9. The highest BCUT2D eigenvalue weighted by molar-refractivity contribution is 6.22. The molecule has 11 nitrogen and oxygen atoms in total. The van der Waals surface area contributed by atoms with Crippen LogP contribution in [0.15, 0.2) is 53.3 Å². The lowest BCUT2D eigenvalue weighted by Gasteiger charge is -2.46. The summed E-state index contributed by atoms with van der Waals surface area (Å²) in [6.45, 7) is -1.18. The molecule has 0 spiro atoms. The van der Waals surface area contributed by atoms with Crippen molar-refractivity contribution in [2.24, 2.45) is 17.6 Å². The van der Waals surface area contributed by atoms with Crippen LogP contribution in [-0.4, -0.2) is 62.9 Å². The maximum absolute atomic E-state index is 13.6. The van der Waals surface area contributed by atoms with Crippen LogP contribution in [0.5, 0.6) is 5.75 Å². The monoisotopic (exact) mass is 552 g/mol. The van der Waals surface area contributed by atoms with E-state index in [1.54, 1.807) is 30.3 Å². The third kappa shape index (κ3) is 4.08. The molecule has 40 heavy (non-hydrogen) atoms. The van der Waals surface area contributed by atoms with Crippen LogP contribution in [0.2, 0.25) is 0 Å². The van der Waals surface area contributed by atoms with Gasteiger partial charge < -0.3 is 30.9 Å². The maximum atomic E-state index is 13.6. The number of aliphatic hydroxyl groups excluding tert-OH is 2. The molecular weight excluding hydrogens is 527 g/mol. The second-order valence-electron chi connectivity index (χ2n) is 9.92. The average molecular weight is 553 g/mol. The second kappa shape index (κ2) is 9.79. The van der Waals surface area contributed by atoms with Crippen LogP contribution in [0.4, 0.5) is 14.9 Å². The number of hydrogen-bond donors (Lipinski definition) is 6. The summed E-state index contributed by atoms with van der Waals surface area (Å²) in [5.41, 5.74) is 3.62. The number of rotatable bonds is 5. The summed E-state index contributed by atoms with van der Waals surface area (Å²) in [4.78, 5) is 49.6. The van der Waals surface area contributed by atoms with E-state index in [-0.39, 0.29) is 36.3 Å². The first-order chi connectivity index (χ1) is 19.0. The van der Waals surface area contributed by atoms with Crippen molar-refractivity contribution in [3.05, 3.63) is 64.4 Å². The first-order valence-electron chi connectivity index (χ1n) is 12.4. The van der Waals surface area contributed by atoms with Crippen LogP contribution in [0.25, 0.3) is 16.9 Å². The second-order valence-corrected chi connectivity index (χ2v) is 9.92. The van der Waals surface area contributed by atoms with Crippen molar-refractivity contribution >= 4 is 35.0 Å². The van der Waals surface area contributed by atoms with Gasteiger partial charge >= 0.3 is 6.09 Å². The predicted molar refractivity (Wildman–Crippen MR) is 138 cm³/mol. The van der Waals surface area contributed by atoms with Gasteiger partial charge in [0.1, 0.15) is 36.1 Å². The minimum Gasteiger partial charge on any atom is -0.508 e. The standard InChI is InChI=1S/C28H25FN2O9/c29-7-8-40-27(38)31-15-3-1-12(2-4-15)16-5-6-18(32)21-17(16)10-13-9-14-11-19(33)22(26(30)37)25(36)28(14,39)24(35)20(13)23(21)34/h1-6,13-14,32,34,36,39H,7-11H2,(H2,30,37)(H,31,38)/t13-,14+,28+/m1/s1. The Morgan fingerprint density at radius 2 is 1.77 bits per heavy atom. The molecule has 1 fully saturated rings. The van der Waals surface area contributed by atoms with Gasteiger partial charge in [-0.05, 0) is 53.6 Å². The average Bonchev–Trinajstić information content (AvgIpc) is 2.90. The normalized spacial score (nSPS) is 23.8. The Kier molecular flexibility index (Phi) is 6.58. The number of aliphatic hydroxyl groups is 3. The molecule has 3 aliphatic rings. The Labute approximate surface area is 226 Å². The number of carbonyl (C=O) groups excluding carboxylic acids is 4. The van der Waals surface area contributed by atoms with Crippen molar-refractivity contribution < 1.29 is 48.7 Å². The SMILES string of the molecule is NC(=O)C1=C(O)[C@@]2(O)C(=O)C3=C(O)c4c(O)ccc(-c5ccc(NC(=O)OCCF)cc5)c4C[C@H]3C[C@H]2CC1=O. The van der Waals surface area contributed by atoms with Gasteiger partial charge in [0.05, 0.1) is 5.56 Å². The number of hydrogen-bond acceptors (Lipinski definition) is 9. The fraction of sp³-hybridized carbons (Fsp3) is 0.286. The van der Waals surface area contributed by atoms with E-state index in [1.807, 2.05) is 0 Å². The quantitative estimate of drug-likeness (QED) is 0.302. The molecule has 0 bridgehead atoms. The first kappa shape index (κ1) is 26.9. The number of ketones is 2. The zero-order valence-corrected chi connectivity index (χ0v) is 20.9. The highest BCUT2D eigenvalue weighted by atomic mass is 19.1. The molecule has 2 aromatic rings.